The molecular weight excluding hydrogens is 320 g/mol. The minimum atomic E-state index is -0.942. The van der Waals surface area contributed by atoms with E-state index in [1.807, 2.05) is 26.0 Å². The van der Waals surface area contributed by atoms with E-state index in [0.717, 1.165) is 18.4 Å². The van der Waals surface area contributed by atoms with Gasteiger partial charge in [0.25, 0.3) is 5.91 Å². The first kappa shape index (κ1) is 17.1. The molecule has 132 valence electrons. The van der Waals surface area contributed by atoms with Crippen molar-refractivity contribution in [1.29, 1.82) is 0 Å². The zero-order valence-electron chi connectivity index (χ0n) is 14.6. The summed E-state index contributed by atoms with van der Waals surface area (Å²) in [6.07, 6.45) is 3.10. The van der Waals surface area contributed by atoms with Crippen LogP contribution in [-0.4, -0.2) is 48.7 Å². The Hall–Kier alpha value is -2.70. The molecule has 0 aliphatic carbocycles. The molecule has 3 unspecified atom stereocenters. The van der Waals surface area contributed by atoms with Gasteiger partial charge in [-0.25, -0.2) is 14.5 Å². The summed E-state index contributed by atoms with van der Waals surface area (Å²) >= 11 is 0. The number of rotatable bonds is 3. The number of benzene rings is 1. The highest BCUT2D eigenvalue weighted by atomic mass is 16.4. The molecule has 1 aliphatic rings. The van der Waals surface area contributed by atoms with E-state index in [-0.39, 0.29) is 17.9 Å². The lowest BCUT2D eigenvalue weighted by atomic mass is 9.86. The zero-order chi connectivity index (χ0) is 18.1. The van der Waals surface area contributed by atoms with Crippen LogP contribution in [0.3, 0.4) is 0 Å². The number of carboxylic acids is 1. The summed E-state index contributed by atoms with van der Waals surface area (Å²) in [6, 6.07) is 6.18. The minimum Gasteiger partial charge on any atom is -0.480 e. The predicted molar refractivity (Wildman–Crippen MR) is 91.9 cm³/mol. The number of piperidine rings is 1. The van der Waals surface area contributed by atoms with Crippen LogP contribution in [0.25, 0.3) is 11.4 Å². The van der Waals surface area contributed by atoms with Gasteiger partial charge in [-0.3, -0.25) is 4.79 Å². The van der Waals surface area contributed by atoms with Crippen molar-refractivity contribution in [3.63, 3.8) is 0 Å². The van der Waals surface area contributed by atoms with Gasteiger partial charge in [0, 0.05) is 24.2 Å². The van der Waals surface area contributed by atoms with Gasteiger partial charge in [0.2, 0.25) is 0 Å². The molecule has 1 fully saturated rings. The molecule has 7 nitrogen and oxygen atoms in total. The summed E-state index contributed by atoms with van der Waals surface area (Å²) in [5.74, 6) is -0.531. The van der Waals surface area contributed by atoms with Gasteiger partial charge in [0.15, 0.2) is 5.82 Å². The molecule has 1 N–H and O–H groups in total. The molecule has 0 radical (unpaired) electrons. The summed E-state index contributed by atoms with van der Waals surface area (Å²) in [6.45, 7) is 3.80. The lowest BCUT2D eigenvalue weighted by Gasteiger charge is -2.42. The lowest BCUT2D eigenvalue weighted by Crippen LogP contribution is -2.55. The van der Waals surface area contributed by atoms with E-state index in [2.05, 4.69) is 10.1 Å². The maximum Gasteiger partial charge on any atom is 0.326 e. The number of aryl methyl sites for hydroxylation is 1. The number of carboxylic acid groups (broad SMARTS) is 1. The molecule has 2 heterocycles. The van der Waals surface area contributed by atoms with Gasteiger partial charge in [-0.1, -0.05) is 19.1 Å². The van der Waals surface area contributed by atoms with Gasteiger partial charge in [0.05, 0.1) is 0 Å². The fourth-order valence-corrected chi connectivity index (χ4v) is 3.51. The number of aromatic nitrogens is 3. The van der Waals surface area contributed by atoms with Crippen LogP contribution >= 0.6 is 0 Å². The second kappa shape index (κ2) is 6.66. The topological polar surface area (TPSA) is 88.3 Å². The molecule has 0 saturated carbocycles. The van der Waals surface area contributed by atoms with Crippen LogP contribution in [0, 0.1) is 5.92 Å². The third kappa shape index (κ3) is 3.14. The second-order valence-electron chi connectivity index (χ2n) is 6.68. The SMILES string of the molecule is CC1CCC(C)N(C(=O)c2ccc(-c3ncnn3C)cc2)C1C(=O)O. The van der Waals surface area contributed by atoms with E-state index < -0.39 is 12.0 Å². The predicted octanol–water partition coefficient (Wildman–Crippen LogP) is 2.20. The summed E-state index contributed by atoms with van der Waals surface area (Å²) in [7, 11) is 1.80. The number of likely N-dealkylation sites (tertiary alicyclic amines) is 1. The Morgan fingerprint density at radius 3 is 2.40 bits per heavy atom. The molecule has 3 rings (SSSR count). The Labute approximate surface area is 146 Å². The molecule has 1 amide bonds. The average Bonchev–Trinajstić information content (AvgIpc) is 3.02. The Morgan fingerprint density at radius 1 is 1.16 bits per heavy atom. The molecule has 1 aromatic carbocycles. The molecule has 1 saturated heterocycles. The minimum absolute atomic E-state index is 0.0597. The van der Waals surface area contributed by atoms with E-state index in [9.17, 15) is 14.7 Å². The lowest BCUT2D eigenvalue weighted by molar-refractivity contribution is -0.146. The van der Waals surface area contributed by atoms with Gasteiger partial charge in [-0.15, -0.1) is 0 Å². The average molecular weight is 342 g/mol. The largest absolute Gasteiger partial charge is 0.480 e. The van der Waals surface area contributed by atoms with Crippen molar-refractivity contribution in [1.82, 2.24) is 19.7 Å². The van der Waals surface area contributed by atoms with Crippen molar-refractivity contribution in [2.24, 2.45) is 13.0 Å². The molecular formula is C18H22N4O3. The first-order valence-electron chi connectivity index (χ1n) is 8.40. The van der Waals surface area contributed by atoms with Crippen molar-refractivity contribution < 1.29 is 14.7 Å². The fraction of sp³-hybridized carbons (Fsp3) is 0.444. The van der Waals surface area contributed by atoms with E-state index in [1.165, 1.54) is 11.2 Å². The van der Waals surface area contributed by atoms with Crippen LogP contribution in [-0.2, 0) is 11.8 Å². The van der Waals surface area contributed by atoms with Crippen LogP contribution in [0.15, 0.2) is 30.6 Å². The van der Waals surface area contributed by atoms with Crippen molar-refractivity contribution in [2.75, 3.05) is 0 Å². The van der Waals surface area contributed by atoms with E-state index in [4.69, 9.17) is 0 Å². The first-order valence-corrected chi connectivity index (χ1v) is 8.40. The summed E-state index contributed by atoms with van der Waals surface area (Å²) in [5.41, 5.74) is 1.34. The third-order valence-corrected chi connectivity index (χ3v) is 4.94. The van der Waals surface area contributed by atoms with Gasteiger partial charge < -0.3 is 10.0 Å². The highest BCUT2D eigenvalue weighted by Crippen LogP contribution is 2.30. The fourth-order valence-electron chi connectivity index (χ4n) is 3.51. The quantitative estimate of drug-likeness (QED) is 0.924. The summed E-state index contributed by atoms with van der Waals surface area (Å²) < 4.78 is 1.66. The van der Waals surface area contributed by atoms with E-state index in [0.29, 0.717) is 11.4 Å². The zero-order valence-corrected chi connectivity index (χ0v) is 14.6. The highest BCUT2D eigenvalue weighted by Gasteiger charge is 2.40. The van der Waals surface area contributed by atoms with Crippen molar-refractivity contribution in [2.45, 2.75) is 38.8 Å². The normalized spacial score (nSPS) is 23.5. The molecule has 25 heavy (non-hydrogen) atoms. The van der Waals surface area contributed by atoms with E-state index in [1.54, 1.807) is 23.9 Å². The number of amides is 1. The van der Waals surface area contributed by atoms with Gasteiger partial charge in [-0.05, 0) is 37.8 Å². The molecule has 0 spiro atoms. The van der Waals surface area contributed by atoms with Crippen molar-refractivity contribution in [3.8, 4) is 11.4 Å². The van der Waals surface area contributed by atoms with Crippen LogP contribution in [0.2, 0.25) is 0 Å². The number of hydrogen-bond acceptors (Lipinski definition) is 4. The smallest absolute Gasteiger partial charge is 0.326 e. The Bertz CT molecular complexity index is 784. The van der Waals surface area contributed by atoms with Crippen molar-refractivity contribution in [3.05, 3.63) is 36.2 Å². The summed E-state index contributed by atoms with van der Waals surface area (Å²) in [4.78, 5) is 30.4. The van der Waals surface area contributed by atoms with Crippen molar-refractivity contribution >= 4 is 11.9 Å². The molecule has 3 atom stereocenters. The molecule has 0 bridgehead atoms. The molecule has 7 heteroatoms. The Balaban J connectivity index is 1.89. The Kier molecular flexibility index (Phi) is 4.57. The van der Waals surface area contributed by atoms with Crippen LogP contribution < -0.4 is 0 Å². The molecule has 1 aromatic heterocycles. The summed E-state index contributed by atoms with van der Waals surface area (Å²) in [5, 5.41) is 13.6. The van der Waals surface area contributed by atoms with Crippen LogP contribution in [0.5, 0.6) is 0 Å². The Morgan fingerprint density at radius 2 is 1.84 bits per heavy atom. The molecule has 1 aliphatic heterocycles. The van der Waals surface area contributed by atoms with E-state index >= 15 is 0 Å². The maximum atomic E-state index is 13.0. The number of nitrogens with zero attached hydrogens (tertiary/aromatic N) is 4. The number of carbonyl (C=O) groups excluding carboxylic acids is 1. The van der Waals surface area contributed by atoms with Gasteiger partial charge >= 0.3 is 5.97 Å². The number of carbonyl (C=O) groups is 2. The van der Waals surface area contributed by atoms with Gasteiger partial charge in [0.1, 0.15) is 12.4 Å². The number of hydrogen-bond donors (Lipinski definition) is 1. The van der Waals surface area contributed by atoms with Crippen LogP contribution in [0.1, 0.15) is 37.0 Å². The second-order valence-corrected chi connectivity index (χ2v) is 6.68. The third-order valence-electron chi connectivity index (χ3n) is 4.94. The van der Waals surface area contributed by atoms with Gasteiger partial charge in [-0.2, -0.15) is 5.10 Å². The molecule has 2 aromatic rings. The van der Waals surface area contributed by atoms with Crippen LogP contribution in [0.4, 0.5) is 0 Å². The highest BCUT2D eigenvalue weighted by molar-refractivity contribution is 5.97. The number of aliphatic carboxylic acids is 1. The first-order chi connectivity index (χ1) is 11.9. The standard InChI is InChI=1S/C18H22N4O3/c1-11-4-5-12(2)22(15(11)18(24)25)17(23)14-8-6-13(7-9-14)16-19-10-20-21(16)3/h6-12,15H,4-5H2,1-3H3,(H,24,25). The maximum absolute atomic E-state index is 13.0. The monoisotopic (exact) mass is 342 g/mol.